The molecule has 3 rings (SSSR count). The molecule has 1 atom stereocenters. The predicted molar refractivity (Wildman–Crippen MR) is 81.8 cm³/mol. The zero-order chi connectivity index (χ0) is 18.1. The Kier molecular flexibility index (Phi) is 4.44. The van der Waals surface area contributed by atoms with Crippen LogP contribution >= 0.6 is 0 Å². The van der Waals surface area contributed by atoms with Crippen LogP contribution in [-0.2, 0) is 14.7 Å². The SMILES string of the molecule is O=S(=O)(C1=CC(c2ccc(OC(F)(F)F)cc2)ON1)c1ccccc1. The van der Waals surface area contributed by atoms with Crippen LogP contribution in [0.15, 0.2) is 70.6 Å². The van der Waals surface area contributed by atoms with E-state index in [0.717, 1.165) is 12.1 Å². The molecule has 0 saturated heterocycles. The summed E-state index contributed by atoms with van der Waals surface area (Å²) in [4.78, 5) is 5.32. The van der Waals surface area contributed by atoms with Gasteiger partial charge in [0.2, 0.25) is 9.84 Å². The third-order valence-electron chi connectivity index (χ3n) is 3.37. The summed E-state index contributed by atoms with van der Waals surface area (Å²) < 4.78 is 65.2. The van der Waals surface area contributed by atoms with Crippen LogP contribution in [0.3, 0.4) is 0 Å². The van der Waals surface area contributed by atoms with Crippen LogP contribution < -0.4 is 10.2 Å². The van der Waals surface area contributed by atoms with E-state index in [2.05, 4.69) is 10.2 Å². The number of ether oxygens (including phenoxy) is 1. The molecular weight excluding hydrogens is 359 g/mol. The number of sulfone groups is 1. The van der Waals surface area contributed by atoms with Crippen LogP contribution in [0.4, 0.5) is 13.2 Å². The number of alkyl halides is 3. The monoisotopic (exact) mass is 371 g/mol. The van der Waals surface area contributed by atoms with Crippen LogP contribution in [-0.4, -0.2) is 14.8 Å². The summed E-state index contributed by atoms with van der Waals surface area (Å²) >= 11 is 0. The lowest BCUT2D eigenvalue weighted by Crippen LogP contribution is -2.17. The molecule has 0 bridgehead atoms. The molecule has 0 aromatic heterocycles. The first-order chi connectivity index (χ1) is 11.8. The Hall–Kier alpha value is -2.52. The van der Waals surface area contributed by atoms with Crippen molar-refractivity contribution in [3.8, 4) is 5.75 Å². The van der Waals surface area contributed by atoms with E-state index in [1.54, 1.807) is 18.2 Å². The maximum absolute atomic E-state index is 12.5. The number of hydrogen-bond acceptors (Lipinski definition) is 5. The molecule has 25 heavy (non-hydrogen) atoms. The second kappa shape index (κ2) is 6.41. The normalized spacial score (nSPS) is 17.7. The highest BCUT2D eigenvalue weighted by Gasteiger charge is 2.32. The Bertz CT molecular complexity index is 878. The van der Waals surface area contributed by atoms with Gasteiger partial charge in [-0.15, -0.1) is 13.2 Å². The smallest absolute Gasteiger partial charge is 0.406 e. The average Bonchev–Trinajstić information content (AvgIpc) is 3.06. The minimum atomic E-state index is -4.77. The van der Waals surface area contributed by atoms with Gasteiger partial charge in [0, 0.05) is 0 Å². The standard InChI is InChI=1S/C16H12F3NO4S/c17-16(18,19)23-12-8-6-11(7-9-12)14-10-15(20-24-14)25(21,22)13-4-2-1-3-5-13/h1-10,14,20H. The van der Waals surface area contributed by atoms with Gasteiger partial charge < -0.3 is 4.74 Å². The van der Waals surface area contributed by atoms with Gasteiger partial charge in [0.25, 0.3) is 0 Å². The van der Waals surface area contributed by atoms with E-state index >= 15 is 0 Å². The topological polar surface area (TPSA) is 64.6 Å². The highest BCUT2D eigenvalue weighted by atomic mass is 32.2. The quantitative estimate of drug-likeness (QED) is 0.892. The summed E-state index contributed by atoms with van der Waals surface area (Å²) in [7, 11) is -3.76. The van der Waals surface area contributed by atoms with Crippen LogP contribution in [0.25, 0.3) is 0 Å². The van der Waals surface area contributed by atoms with Crippen molar-refractivity contribution in [3.05, 3.63) is 71.3 Å². The van der Waals surface area contributed by atoms with Crippen molar-refractivity contribution >= 4 is 9.84 Å². The van der Waals surface area contributed by atoms with E-state index in [9.17, 15) is 21.6 Å². The second-order valence-electron chi connectivity index (χ2n) is 5.10. The maximum Gasteiger partial charge on any atom is 0.573 e. The van der Waals surface area contributed by atoms with Crippen LogP contribution in [0.2, 0.25) is 0 Å². The minimum Gasteiger partial charge on any atom is -0.406 e. The van der Waals surface area contributed by atoms with E-state index in [1.807, 2.05) is 0 Å². The van der Waals surface area contributed by atoms with Crippen molar-refractivity contribution in [2.24, 2.45) is 0 Å². The lowest BCUT2D eigenvalue weighted by Gasteiger charge is -2.11. The molecule has 132 valence electrons. The number of rotatable bonds is 4. The zero-order valence-corrected chi connectivity index (χ0v) is 13.3. The van der Waals surface area contributed by atoms with Crippen LogP contribution in [0, 0.1) is 0 Å². The van der Waals surface area contributed by atoms with Crippen molar-refractivity contribution < 1.29 is 31.2 Å². The molecule has 1 aliphatic rings. The largest absolute Gasteiger partial charge is 0.573 e. The Labute approximate surface area is 141 Å². The fourth-order valence-electron chi connectivity index (χ4n) is 2.22. The van der Waals surface area contributed by atoms with E-state index in [0.29, 0.717) is 5.56 Å². The third-order valence-corrected chi connectivity index (χ3v) is 5.07. The van der Waals surface area contributed by atoms with Gasteiger partial charge in [-0.05, 0) is 35.9 Å². The first kappa shape index (κ1) is 17.3. The molecule has 0 spiro atoms. The first-order valence-corrected chi connectivity index (χ1v) is 8.53. The van der Waals surface area contributed by atoms with Gasteiger partial charge in [-0.2, -0.15) is 0 Å². The molecule has 2 aromatic rings. The van der Waals surface area contributed by atoms with Gasteiger partial charge >= 0.3 is 6.36 Å². The van der Waals surface area contributed by atoms with Gasteiger partial charge in [0.1, 0.15) is 11.9 Å². The van der Waals surface area contributed by atoms with Crippen molar-refractivity contribution in [2.75, 3.05) is 0 Å². The third kappa shape index (κ3) is 3.94. The van der Waals surface area contributed by atoms with Gasteiger partial charge in [-0.25, -0.2) is 8.42 Å². The summed E-state index contributed by atoms with van der Waals surface area (Å²) in [6, 6.07) is 12.8. The summed E-state index contributed by atoms with van der Waals surface area (Å²) in [5.41, 5.74) is 2.83. The molecule has 5 nitrogen and oxygen atoms in total. The van der Waals surface area contributed by atoms with E-state index in [4.69, 9.17) is 4.84 Å². The van der Waals surface area contributed by atoms with Crippen molar-refractivity contribution in [1.82, 2.24) is 5.48 Å². The predicted octanol–water partition coefficient (Wildman–Crippen LogP) is 3.48. The van der Waals surface area contributed by atoms with Crippen LogP contribution in [0.5, 0.6) is 5.75 Å². The molecule has 0 saturated carbocycles. The molecule has 1 unspecified atom stereocenters. The van der Waals surface area contributed by atoms with E-state index in [-0.39, 0.29) is 15.7 Å². The average molecular weight is 371 g/mol. The molecule has 1 heterocycles. The lowest BCUT2D eigenvalue weighted by atomic mass is 10.1. The Balaban J connectivity index is 1.80. The minimum absolute atomic E-state index is 0.104. The van der Waals surface area contributed by atoms with Gasteiger partial charge in [-0.3, -0.25) is 10.3 Å². The van der Waals surface area contributed by atoms with Crippen molar-refractivity contribution in [3.63, 3.8) is 0 Å². The van der Waals surface area contributed by atoms with Crippen molar-refractivity contribution in [2.45, 2.75) is 17.4 Å². The van der Waals surface area contributed by atoms with Crippen LogP contribution in [0.1, 0.15) is 11.7 Å². The highest BCUT2D eigenvalue weighted by Crippen LogP contribution is 2.31. The number of hydroxylamine groups is 1. The number of benzene rings is 2. The Morgan fingerprint density at radius 2 is 1.64 bits per heavy atom. The number of nitrogens with one attached hydrogen (secondary N) is 1. The molecular formula is C16H12F3NO4S. The Morgan fingerprint density at radius 3 is 2.24 bits per heavy atom. The Morgan fingerprint density at radius 1 is 1.00 bits per heavy atom. The molecule has 1 N–H and O–H groups in total. The van der Waals surface area contributed by atoms with Crippen molar-refractivity contribution in [1.29, 1.82) is 0 Å². The molecule has 9 heteroatoms. The number of hydrogen-bond donors (Lipinski definition) is 1. The second-order valence-corrected chi connectivity index (χ2v) is 7.02. The van der Waals surface area contributed by atoms with Gasteiger partial charge in [0.15, 0.2) is 5.03 Å². The highest BCUT2D eigenvalue weighted by molar-refractivity contribution is 7.95. The number of halogens is 3. The van der Waals surface area contributed by atoms with Gasteiger partial charge in [-0.1, -0.05) is 30.3 Å². The van der Waals surface area contributed by atoms with E-state index < -0.39 is 22.3 Å². The molecule has 1 aliphatic heterocycles. The summed E-state index contributed by atoms with van der Waals surface area (Å²) in [5.74, 6) is -0.372. The summed E-state index contributed by atoms with van der Waals surface area (Å²) in [6.45, 7) is 0. The molecule has 0 aliphatic carbocycles. The van der Waals surface area contributed by atoms with E-state index in [1.165, 1.54) is 30.3 Å². The summed E-state index contributed by atoms with van der Waals surface area (Å²) in [6.07, 6.45) is -4.18. The molecule has 0 amide bonds. The molecule has 0 fully saturated rings. The maximum atomic E-state index is 12.5. The first-order valence-electron chi connectivity index (χ1n) is 7.05. The van der Waals surface area contributed by atoms with Gasteiger partial charge in [0.05, 0.1) is 4.90 Å². The molecule has 2 aromatic carbocycles. The zero-order valence-electron chi connectivity index (χ0n) is 12.5. The molecule has 0 radical (unpaired) electrons. The fourth-order valence-corrected chi connectivity index (χ4v) is 3.45. The fraction of sp³-hybridized carbons (Fsp3) is 0.125. The lowest BCUT2D eigenvalue weighted by molar-refractivity contribution is -0.274. The summed E-state index contributed by atoms with van der Waals surface area (Å²) in [5, 5.41) is -0.126.